The highest BCUT2D eigenvalue weighted by Crippen LogP contribution is 2.25. The standard InChI is InChI=1S/C16H24FN3O/c1-16(2,3)15(21)19(4)12-7-6-10-20(11-12)14-13(17)8-5-9-18-14/h5,8-9,12H,6-7,10-11H2,1-4H3. The molecule has 0 aromatic carbocycles. The van der Waals surface area contributed by atoms with Gasteiger partial charge in [0.05, 0.1) is 0 Å². The highest BCUT2D eigenvalue weighted by molar-refractivity contribution is 5.81. The molecule has 0 aliphatic carbocycles. The number of anilines is 1. The van der Waals surface area contributed by atoms with Gasteiger partial charge in [-0.3, -0.25) is 4.79 Å². The van der Waals surface area contributed by atoms with E-state index < -0.39 is 5.41 Å². The Morgan fingerprint density at radius 1 is 1.48 bits per heavy atom. The lowest BCUT2D eigenvalue weighted by Crippen LogP contribution is -2.51. The van der Waals surface area contributed by atoms with Crippen LogP contribution in [0.25, 0.3) is 0 Å². The van der Waals surface area contributed by atoms with Crippen molar-refractivity contribution < 1.29 is 9.18 Å². The van der Waals surface area contributed by atoms with Gasteiger partial charge in [-0.25, -0.2) is 9.37 Å². The molecule has 1 aromatic rings. The van der Waals surface area contributed by atoms with Gasteiger partial charge in [-0.1, -0.05) is 20.8 Å². The third kappa shape index (κ3) is 3.52. The summed E-state index contributed by atoms with van der Waals surface area (Å²) in [5.74, 6) is 0.206. The van der Waals surface area contributed by atoms with Crippen LogP contribution in [-0.4, -0.2) is 42.0 Å². The summed E-state index contributed by atoms with van der Waals surface area (Å²) in [6, 6.07) is 3.12. The Bertz CT molecular complexity index is 512. The van der Waals surface area contributed by atoms with E-state index in [1.54, 1.807) is 12.3 Å². The SMILES string of the molecule is CN(C(=O)C(C)(C)C)C1CCCN(c2ncccc2F)C1. The second-order valence-electron chi connectivity index (χ2n) is 6.72. The molecule has 0 spiro atoms. The number of aromatic nitrogens is 1. The molecule has 2 heterocycles. The van der Waals surface area contributed by atoms with Gasteiger partial charge in [0.2, 0.25) is 5.91 Å². The van der Waals surface area contributed by atoms with Gasteiger partial charge in [0, 0.05) is 37.8 Å². The van der Waals surface area contributed by atoms with Gasteiger partial charge in [-0.05, 0) is 25.0 Å². The minimum absolute atomic E-state index is 0.104. The van der Waals surface area contributed by atoms with Crippen molar-refractivity contribution in [3.05, 3.63) is 24.1 Å². The maximum atomic E-state index is 13.9. The first-order valence-electron chi connectivity index (χ1n) is 7.43. The summed E-state index contributed by atoms with van der Waals surface area (Å²) in [5, 5.41) is 0. The summed E-state index contributed by atoms with van der Waals surface area (Å²) in [4.78, 5) is 20.3. The van der Waals surface area contributed by atoms with Crippen molar-refractivity contribution in [3.8, 4) is 0 Å². The Morgan fingerprint density at radius 3 is 2.81 bits per heavy atom. The van der Waals surface area contributed by atoms with Crippen molar-refractivity contribution in [3.63, 3.8) is 0 Å². The van der Waals surface area contributed by atoms with Crippen molar-refractivity contribution in [1.82, 2.24) is 9.88 Å². The fraction of sp³-hybridized carbons (Fsp3) is 0.625. The van der Waals surface area contributed by atoms with Crippen LogP contribution in [-0.2, 0) is 4.79 Å². The summed E-state index contributed by atoms with van der Waals surface area (Å²) in [6.07, 6.45) is 3.48. The fourth-order valence-electron chi connectivity index (χ4n) is 2.77. The number of halogens is 1. The number of carbonyl (C=O) groups is 1. The van der Waals surface area contributed by atoms with E-state index in [0.29, 0.717) is 12.4 Å². The van der Waals surface area contributed by atoms with Crippen LogP contribution in [0, 0.1) is 11.2 Å². The first-order chi connectivity index (χ1) is 9.80. The van der Waals surface area contributed by atoms with Gasteiger partial charge in [0.25, 0.3) is 0 Å². The number of pyridine rings is 1. The lowest BCUT2D eigenvalue weighted by Gasteiger charge is -2.40. The van der Waals surface area contributed by atoms with E-state index in [0.717, 1.165) is 19.4 Å². The van der Waals surface area contributed by atoms with Crippen LogP contribution < -0.4 is 4.90 Å². The number of hydrogen-bond acceptors (Lipinski definition) is 3. The number of nitrogens with zero attached hydrogens (tertiary/aromatic N) is 3. The van der Waals surface area contributed by atoms with E-state index in [-0.39, 0.29) is 17.8 Å². The Labute approximate surface area is 126 Å². The largest absolute Gasteiger partial charge is 0.352 e. The number of amides is 1. The predicted octanol–water partition coefficient (Wildman–Crippen LogP) is 2.69. The zero-order valence-electron chi connectivity index (χ0n) is 13.3. The molecule has 21 heavy (non-hydrogen) atoms. The van der Waals surface area contributed by atoms with Crippen LogP contribution in [0.3, 0.4) is 0 Å². The van der Waals surface area contributed by atoms with E-state index in [9.17, 15) is 9.18 Å². The Kier molecular flexibility index (Phi) is 4.49. The quantitative estimate of drug-likeness (QED) is 0.841. The third-order valence-corrected chi connectivity index (χ3v) is 3.94. The molecular weight excluding hydrogens is 269 g/mol. The topological polar surface area (TPSA) is 36.4 Å². The molecule has 1 fully saturated rings. The summed E-state index contributed by atoms with van der Waals surface area (Å²) in [5.41, 5.74) is -0.396. The van der Waals surface area contributed by atoms with Crippen molar-refractivity contribution in [1.29, 1.82) is 0 Å². The van der Waals surface area contributed by atoms with Gasteiger partial charge < -0.3 is 9.80 Å². The summed E-state index contributed by atoms with van der Waals surface area (Å²) in [7, 11) is 1.84. The number of carbonyl (C=O) groups excluding carboxylic acids is 1. The normalized spacial score (nSPS) is 19.5. The van der Waals surface area contributed by atoms with Gasteiger partial charge in [-0.15, -0.1) is 0 Å². The van der Waals surface area contributed by atoms with E-state index in [1.807, 2.05) is 37.6 Å². The Hall–Kier alpha value is -1.65. The van der Waals surface area contributed by atoms with Crippen LogP contribution in [0.5, 0.6) is 0 Å². The van der Waals surface area contributed by atoms with E-state index in [4.69, 9.17) is 0 Å². The molecule has 1 atom stereocenters. The molecule has 1 aromatic heterocycles. The molecule has 0 saturated carbocycles. The summed E-state index contributed by atoms with van der Waals surface area (Å²) >= 11 is 0. The van der Waals surface area contributed by atoms with Gasteiger partial charge in [0.1, 0.15) is 0 Å². The Morgan fingerprint density at radius 2 is 2.19 bits per heavy atom. The first kappa shape index (κ1) is 15.7. The lowest BCUT2D eigenvalue weighted by molar-refractivity contribution is -0.140. The maximum Gasteiger partial charge on any atom is 0.227 e. The van der Waals surface area contributed by atoms with Crippen molar-refractivity contribution >= 4 is 11.7 Å². The molecule has 4 nitrogen and oxygen atoms in total. The van der Waals surface area contributed by atoms with Gasteiger partial charge in [-0.2, -0.15) is 0 Å². The van der Waals surface area contributed by atoms with E-state index in [1.165, 1.54) is 6.07 Å². The highest BCUT2D eigenvalue weighted by atomic mass is 19.1. The monoisotopic (exact) mass is 293 g/mol. The number of likely N-dealkylation sites (N-methyl/N-ethyl adjacent to an activating group) is 1. The van der Waals surface area contributed by atoms with Crippen molar-refractivity contribution in [2.75, 3.05) is 25.0 Å². The van der Waals surface area contributed by atoms with E-state index >= 15 is 0 Å². The fourth-order valence-corrected chi connectivity index (χ4v) is 2.77. The molecule has 1 saturated heterocycles. The molecule has 1 amide bonds. The van der Waals surface area contributed by atoms with Crippen molar-refractivity contribution in [2.24, 2.45) is 5.41 Å². The smallest absolute Gasteiger partial charge is 0.227 e. The average molecular weight is 293 g/mol. The molecule has 1 unspecified atom stereocenters. The zero-order chi connectivity index (χ0) is 15.6. The number of rotatable bonds is 2. The van der Waals surface area contributed by atoms with Gasteiger partial charge in [0.15, 0.2) is 11.6 Å². The first-order valence-corrected chi connectivity index (χ1v) is 7.43. The highest BCUT2D eigenvalue weighted by Gasteiger charge is 2.32. The maximum absolute atomic E-state index is 13.9. The molecule has 116 valence electrons. The minimum atomic E-state index is -0.396. The molecule has 0 bridgehead atoms. The molecule has 1 aliphatic heterocycles. The second-order valence-corrected chi connectivity index (χ2v) is 6.72. The third-order valence-electron chi connectivity index (χ3n) is 3.94. The molecule has 1 aliphatic rings. The number of piperidine rings is 1. The molecule has 0 N–H and O–H groups in total. The van der Waals surface area contributed by atoms with Gasteiger partial charge >= 0.3 is 0 Å². The van der Waals surface area contributed by atoms with Crippen molar-refractivity contribution in [2.45, 2.75) is 39.7 Å². The molecule has 5 heteroatoms. The summed E-state index contributed by atoms with van der Waals surface area (Å²) in [6.45, 7) is 7.18. The van der Waals surface area contributed by atoms with Crippen LogP contribution in [0.4, 0.5) is 10.2 Å². The molecular formula is C16H24FN3O. The minimum Gasteiger partial charge on any atom is -0.352 e. The predicted molar refractivity (Wildman–Crippen MR) is 81.7 cm³/mol. The van der Waals surface area contributed by atoms with Crippen LogP contribution in [0.2, 0.25) is 0 Å². The average Bonchev–Trinajstić information content (AvgIpc) is 2.45. The Balaban J connectivity index is 2.11. The van der Waals surface area contributed by atoms with Crippen LogP contribution in [0.1, 0.15) is 33.6 Å². The van der Waals surface area contributed by atoms with Crippen LogP contribution >= 0.6 is 0 Å². The molecule has 0 radical (unpaired) electrons. The summed E-state index contributed by atoms with van der Waals surface area (Å²) < 4.78 is 13.9. The van der Waals surface area contributed by atoms with Crippen LogP contribution in [0.15, 0.2) is 18.3 Å². The number of hydrogen-bond donors (Lipinski definition) is 0. The molecule has 2 rings (SSSR count). The zero-order valence-corrected chi connectivity index (χ0v) is 13.3. The lowest BCUT2D eigenvalue weighted by atomic mass is 9.93. The van der Waals surface area contributed by atoms with E-state index in [2.05, 4.69) is 4.98 Å². The second kappa shape index (κ2) is 6.00.